The third-order valence-electron chi connectivity index (χ3n) is 4.99. The molecule has 0 radical (unpaired) electrons. The second-order valence-electron chi connectivity index (χ2n) is 7.02. The van der Waals surface area contributed by atoms with Crippen molar-refractivity contribution in [3.8, 4) is 0 Å². The lowest BCUT2D eigenvalue weighted by Crippen LogP contribution is -2.41. The van der Waals surface area contributed by atoms with E-state index in [1.54, 1.807) is 0 Å². The van der Waals surface area contributed by atoms with Crippen LogP contribution in [0.15, 0.2) is 18.2 Å². The van der Waals surface area contributed by atoms with E-state index in [2.05, 4.69) is 44.8 Å². The maximum absolute atomic E-state index is 5.99. The van der Waals surface area contributed by atoms with Gasteiger partial charge >= 0.3 is 7.12 Å². The Balaban J connectivity index is 1.79. The van der Waals surface area contributed by atoms with Crippen molar-refractivity contribution in [3.63, 3.8) is 0 Å². The van der Waals surface area contributed by atoms with Gasteiger partial charge in [0.2, 0.25) is 0 Å². The second kappa shape index (κ2) is 5.26. The number of fused-ring (bicyclic) bond motifs is 1. The smallest absolute Gasteiger partial charge is 0.400 e. The third kappa shape index (κ3) is 2.79. The highest BCUT2D eigenvalue weighted by Crippen LogP contribution is 2.37. The molecule has 0 amide bonds. The van der Waals surface area contributed by atoms with Crippen LogP contribution in [0.2, 0.25) is 0 Å². The van der Waals surface area contributed by atoms with Crippen molar-refractivity contribution in [2.45, 2.75) is 64.6 Å². The van der Waals surface area contributed by atoms with Crippen LogP contribution in [0.3, 0.4) is 0 Å². The predicted molar refractivity (Wildman–Crippen MR) is 86.0 cm³/mol. The summed E-state index contributed by atoms with van der Waals surface area (Å²) in [7, 11) is -0.295. The van der Waals surface area contributed by atoms with Gasteiger partial charge in [-0.25, -0.2) is 0 Å². The van der Waals surface area contributed by atoms with Gasteiger partial charge in [0.25, 0.3) is 0 Å². The van der Waals surface area contributed by atoms with Gasteiger partial charge in [0.15, 0.2) is 0 Å². The van der Waals surface area contributed by atoms with Gasteiger partial charge in [0.05, 0.1) is 16.9 Å². The van der Waals surface area contributed by atoms with Crippen molar-refractivity contribution >= 4 is 13.2 Å². The van der Waals surface area contributed by atoms with Crippen LogP contribution in [0.5, 0.6) is 0 Å². The molecule has 112 valence electrons. The zero-order valence-electron chi connectivity index (χ0n) is 13.5. The quantitative estimate of drug-likeness (QED) is 0.778. The van der Waals surface area contributed by atoms with E-state index >= 15 is 0 Å². The lowest BCUT2D eigenvalue weighted by molar-refractivity contribution is 0.00578. The largest absolute Gasteiger partial charge is 0.487 e. The van der Waals surface area contributed by atoms with E-state index in [0.717, 1.165) is 12.1 Å². The maximum atomic E-state index is 5.99. The molecule has 0 N–H and O–H groups in total. The van der Waals surface area contributed by atoms with Crippen molar-refractivity contribution in [1.82, 2.24) is 4.98 Å². The van der Waals surface area contributed by atoms with Gasteiger partial charge in [-0.2, -0.15) is 0 Å². The van der Waals surface area contributed by atoms with Gasteiger partial charge in [-0.3, -0.25) is 4.98 Å². The molecule has 3 rings (SSSR count). The number of pyridine rings is 1. The summed E-state index contributed by atoms with van der Waals surface area (Å²) in [5.41, 5.74) is 3.35. The summed E-state index contributed by atoms with van der Waals surface area (Å²) >= 11 is 0. The van der Waals surface area contributed by atoms with Crippen molar-refractivity contribution in [2.75, 3.05) is 0 Å². The molecule has 21 heavy (non-hydrogen) atoms. The first-order valence-electron chi connectivity index (χ1n) is 7.90. The first-order valence-corrected chi connectivity index (χ1v) is 7.90. The van der Waals surface area contributed by atoms with Crippen LogP contribution in [0.4, 0.5) is 0 Å². The van der Waals surface area contributed by atoms with E-state index < -0.39 is 0 Å². The molecule has 1 aromatic heterocycles. The lowest BCUT2D eigenvalue weighted by Gasteiger charge is -2.32. The summed E-state index contributed by atoms with van der Waals surface area (Å²) in [6, 6.07) is 2.15. The average molecular weight is 285 g/mol. The summed E-state index contributed by atoms with van der Waals surface area (Å²) in [5, 5.41) is 0. The zero-order valence-corrected chi connectivity index (χ0v) is 13.5. The maximum Gasteiger partial charge on any atom is 0.487 e. The highest BCUT2D eigenvalue weighted by molar-refractivity contribution is 6.52. The summed E-state index contributed by atoms with van der Waals surface area (Å²) in [5.74, 6) is 1.99. The second-order valence-corrected chi connectivity index (χ2v) is 7.02. The fraction of sp³-hybridized carbons (Fsp3) is 0.588. The number of nitrogens with zero attached hydrogens (tertiary/aromatic N) is 1. The summed E-state index contributed by atoms with van der Waals surface area (Å²) in [6.07, 6.45) is 8.83. The van der Waals surface area contributed by atoms with E-state index in [4.69, 9.17) is 9.31 Å². The molecule has 4 heteroatoms. The first kappa shape index (κ1) is 14.8. The lowest BCUT2D eigenvalue weighted by atomic mass is 9.87. The van der Waals surface area contributed by atoms with Crippen molar-refractivity contribution in [3.05, 3.63) is 35.1 Å². The van der Waals surface area contributed by atoms with E-state index in [1.807, 2.05) is 12.2 Å². The molecule has 1 fully saturated rings. The van der Waals surface area contributed by atoms with Crippen LogP contribution >= 0.6 is 0 Å². The molecular formula is C17H24BNO2. The van der Waals surface area contributed by atoms with Crippen molar-refractivity contribution in [2.24, 2.45) is 0 Å². The van der Waals surface area contributed by atoms with Gasteiger partial charge in [0, 0.05) is 6.20 Å². The van der Waals surface area contributed by atoms with Gasteiger partial charge in [0.1, 0.15) is 0 Å². The molecule has 3 nitrogen and oxygen atoms in total. The zero-order chi connectivity index (χ0) is 15.1. The molecule has 1 aliphatic heterocycles. The number of hydrogen-bond donors (Lipinski definition) is 0. The first-order chi connectivity index (χ1) is 9.89. The highest BCUT2D eigenvalue weighted by Gasteiger charge is 2.50. The SMILES string of the molecule is CC1(C)OB(/C=C/c2nccc3c2CCCC3)OC1(C)C. The monoisotopic (exact) mass is 285 g/mol. The molecule has 0 bridgehead atoms. The Kier molecular flexibility index (Phi) is 3.70. The summed E-state index contributed by atoms with van der Waals surface area (Å²) < 4.78 is 12.0. The molecule has 0 spiro atoms. The molecule has 1 saturated heterocycles. The van der Waals surface area contributed by atoms with Gasteiger partial charge in [-0.05, 0) is 76.6 Å². The van der Waals surface area contributed by atoms with Gasteiger partial charge < -0.3 is 9.31 Å². The van der Waals surface area contributed by atoms with Crippen molar-refractivity contribution < 1.29 is 9.31 Å². The van der Waals surface area contributed by atoms with Crippen LogP contribution < -0.4 is 0 Å². The molecule has 0 atom stereocenters. The Morgan fingerprint density at radius 1 is 1.10 bits per heavy atom. The molecule has 2 heterocycles. The van der Waals surface area contributed by atoms with E-state index in [0.29, 0.717) is 0 Å². The van der Waals surface area contributed by atoms with Crippen molar-refractivity contribution in [1.29, 1.82) is 0 Å². The topological polar surface area (TPSA) is 31.4 Å². The minimum absolute atomic E-state index is 0.286. The normalized spacial score (nSPS) is 23.5. The predicted octanol–water partition coefficient (Wildman–Crippen LogP) is 3.61. The fourth-order valence-electron chi connectivity index (χ4n) is 2.97. The van der Waals surface area contributed by atoms with Crippen LogP contribution in [-0.4, -0.2) is 23.3 Å². The van der Waals surface area contributed by atoms with Crippen LogP contribution in [0.25, 0.3) is 6.08 Å². The number of hydrogen-bond acceptors (Lipinski definition) is 3. The Morgan fingerprint density at radius 3 is 2.48 bits per heavy atom. The number of aryl methyl sites for hydroxylation is 1. The molecule has 0 saturated carbocycles. The molecule has 1 aromatic rings. The average Bonchev–Trinajstić information content (AvgIpc) is 2.64. The molecule has 2 aliphatic rings. The van der Waals surface area contributed by atoms with E-state index in [1.165, 1.54) is 30.4 Å². The standard InChI is InChI=1S/C17H24BNO2/c1-16(2)17(3,4)21-18(20-16)11-9-15-14-8-6-5-7-13(14)10-12-19-15/h9-12H,5-8H2,1-4H3/b11-9+. The third-order valence-corrected chi connectivity index (χ3v) is 4.99. The Bertz CT molecular complexity index is 550. The summed E-state index contributed by atoms with van der Waals surface area (Å²) in [6.45, 7) is 8.29. The van der Waals surface area contributed by atoms with E-state index in [-0.39, 0.29) is 18.3 Å². The number of aromatic nitrogens is 1. The Hall–Kier alpha value is -1.13. The highest BCUT2D eigenvalue weighted by atomic mass is 16.7. The molecule has 0 unspecified atom stereocenters. The van der Waals surface area contributed by atoms with Crippen LogP contribution in [0, 0.1) is 0 Å². The van der Waals surface area contributed by atoms with Crippen LogP contribution in [0.1, 0.15) is 57.4 Å². The Labute approximate surface area is 127 Å². The van der Waals surface area contributed by atoms with Gasteiger partial charge in [-0.15, -0.1) is 0 Å². The molecule has 1 aliphatic carbocycles. The minimum Gasteiger partial charge on any atom is -0.400 e. The van der Waals surface area contributed by atoms with E-state index in [9.17, 15) is 0 Å². The molecular weight excluding hydrogens is 261 g/mol. The van der Waals surface area contributed by atoms with Gasteiger partial charge in [-0.1, -0.05) is 5.98 Å². The molecule has 0 aromatic carbocycles. The number of rotatable bonds is 2. The fourth-order valence-corrected chi connectivity index (χ4v) is 2.97. The summed E-state index contributed by atoms with van der Waals surface area (Å²) in [4.78, 5) is 4.53. The Morgan fingerprint density at radius 2 is 1.76 bits per heavy atom. The minimum atomic E-state index is -0.295. The van der Waals surface area contributed by atoms with Crippen LogP contribution in [-0.2, 0) is 22.2 Å².